The Bertz CT molecular complexity index is 1130. The number of carbonyl (C=O) groups is 1. The van der Waals surface area contributed by atoms with Gasteiger partial charge in [0.15, 0.2) is 5.78 Å². The van der Waals surface area contributed by atoms with E-state index in [0.717, 1.165) is 17.0 Å². The van der Waals surface area contributed by atoms with Gasteiger partial charge in [-0.2, -0.15) is 4.31 Å². The van der Waals surface area contributed by atoms with E-state index < -0.39 is 10.0 Å². The number of ketones is 1. The summed E-state index contributed by atoms with van der Waals surface area (Å²) in [5.41, 5.74) is 4.07. The van der Waals surface area contributed by atoms with Crippen molar-refractivity contribution in [3.05, 3.63) is 46.3 Å². The van der Waals surface area contributed by atoms with Crippen LogP contribution in [0.15, 0.2) is 23.1 Å². The highest BCUT2D eigenvalue weighted by Crippen LogP contribution is 2.29. The Morgan fingerprint density at radius 1 is 0.970 bits per heavy atom. The van der Waals surface area contributed by atoms with E-state index in [1.165, 1.54) is 4.31 Å². The SMILES string of the molecule is COc1cc(C)c(S(=O)(=O)N2CCN(CC(=O)c3cc(C)n(C(C)(C)C)c3C)CC2)c(C)c1. The summed E-state index contributed by atoms with van der Waals surface area (Å²) in [7, 11) is -2.04. The van der Waals surface area contributed by atoms with E-state index >= 15 is 0 Å². The Morgan fingerprint density at radius 3 is 1.97 bits per heavy atom. The van der Waals surface area contributed by atoms with Crippen LogP contribution in [0.1, 0.15) is 53.6 Å². The molecular weight excluding hydrogens is 438 g/mol. The Labute approximate surface area is 198 Å². The summed E-state index contributed by atoms with van der Waals surface area (Å²) in [6.07, 6.45) is 0. The average molecular weight is 476 g/mol. The molecule has 1 aromatic heterocycles. The smallest absolute Gasteiger partial charge is 0.243 e. The first-order valence-corrected chi connectivity index (χ1v) is 12.8. The summed E-state index contributed by atoms with van der Waals surface area (Å²) in [6, 6.07) is 5.48. The van der Waals surface area contributed by atoms with Crippen molar-refractivity contribution in [2.24, 2.45) is 0 Å². The molecular formula is C25H37N3O4S. The van der Waals surface area contributed by atoms with Gasteiger partial charge < -0.3 is 9.30 Å². The quantitative estimate of drug-likeness (QED) is 0.596. The molecule has 33 heavy (non-hydrogen) atoms. The van der Waals surface area contributed by atoms with Crippen molar-refractivity contribution < 1.29 is 17.9 Å². The van der Waals surface area contributed by atoms with Crippen molar-refractivity contribution in [1.82, 2.24) is 13.8 Å². The molecule has 3 rings (SSSR count). The molecule has 1 saturated heterocycles. The predicted octanol–water partition coefficient (Wildman–Crippen LogP) is 3.67. The predicted molar refractivity (Wildman–Crippen MR) is 131 cm³/mol. The molecule has 1 aliphatic heterocycles. The fourth-order valence-electron chi connectivity index (χ4n) is 5.06. The topological polar surface area (TPSA) is 71.9 Å². The Kier molecular flexibility index (Phi) is 7.13. The van der Waals surface area contributed by atoms with E-state index in [0.29, 0.717) is 54.5 Å². The number of methoxy groups -OCH3 is 1. The lowest BCUT2D eigenvalue weighted by atomic mass is 10.1. The number of rotatable bonds is 6. The van der Waals surface area contributed by atoms with Crippen LogP contribution in [0.4, 0.5) is 0 Å². The highest BCUT2D eigenvalue weighted by molar-refractivity contribution is 7.89. The number of carbonyl (C=O) groups excluding carboxylic acids is 1. The van der Waals surface area contributed by atoms with E-state index in [9.17, 15) is 13.2 Å². The van der Waals surface area contributed by atoms with Crippen molar-refractivity contribution in [1.29, 1.82) is 0 Å². The molecule has 1 fully saturated rings. The van der Waals surface area contributed by atoms with Gasteiger partial charge in [-0.15, -0.1) is 0 Å². The first-order chi connectivity index (χ1) is 15.3. The molecule has 182 valence electrons. The summed E-state index contributed by atoms with van der Waals surface area (Å²) in [6.45, 7) is 16.1. The van der Waals surface area contributed by atoms with Gasteiger partial charge in [-0.3, -0.25) is 9.69 Å². The van der Waals surface area contributed by atoms with Gasteiger partial charge in [0.25, 0.3) is 0 Å². The van der Waals surface area contributed by atoms with E-state index in [1.807, 2.05) is 24.8 Å². The number of nitrogens with zero attached hydrogens (tertiary/aromatic N) is 3. The van der Waals surface area contributed by atoms with Crippen molar-refractivity contribution in [2.75, 3.05) is 39.8 Å². The fourth-order valence-corrected chi connectivity index (χ4v) is 6.89. The molecule has 0 unspecified atom stereocenters. The van der Waals surface area contributed by atoms with Gasteiger partial charge in [0, 0.05) is 48.7 Å². The lowest BCUT2D eigenvalue weighted by Gasteiger charge is -2.34. The van der Waals surface area contributed by atoms with Crippen LogP contribution in [0.5, 0.6) is 5.75 Å². The fraction of sp³-hybridized carbons (Fsp3) is 0.560. The number of hydrogen-bond acceptors (Lipinski definition) is 5. The number of ether oxygens (including phenoxy) is 1. The minimum atomic E-state index is -3.61. The molecule has 0 bridgehead atoms. The van der Waals surface area contributed by atoms with Gasteiger partial charge in [-0.1, -0.05) is 0 Å². The van der Waals surface area contributed by atoms with Crippen LogP contribution in [-0.4, -0.2) is 67.8 Å². The second-order valence-electron chi connectivity index (χ2n) is 9.98. The van der Waals surface area contributed by atoms with Crippen LogP contribution in [0.25, 0.3) is 0 Å². The molecule has 0 N–H and O–H groups in total. The van der Waals surface area contributed by atoms with Crippen molar-refractivity contribution in [3.63, 3.8) is 0 Å². The van der Waals surface area contributed by atoms with Crippen molar-refractivity contribution >= 4 is 15.8 Å². The molecule has 0 aliphatic carbocycles. The van der Waals surface area contributed by atoms with Gasteiger partial charge in [0.2, 0.25) is 10.0 Å². The average Bonchev–Trinajstić information content (AvgIpc) is 3.01. The molecule has 1 aromatic carbocycles. The largest absolute Gasteiger partial charge is 0.497 e. The third-order valence-corrected chi connectivity index (χ3v) is 8.57. The monoisotopic (exact) mass is 475 g/mol. The molecule has 7 nitrogen and oxygen atoms in total. The van der Waals surface area contributed by atoms with E-state index in [-0.39, 0.29) is 11.3 Å². The summed E-state index contributed by atoms with van der Waals surface area (Å²) >= 11 is 0. The van der Waals surface area contributed by atoms with Crippen LogP contribution in [0.3, 0.4) is 0 Å². The molecule has 0 amide bonds. The molecule has 0 spiro atoms. The first-order valence-electron chi connectivity index (χ1n) is 11.4. The number of sulfonamides is 1. The van der Waals surface area contributed by atoms with Gasteiger partial charge in [0.05, 0.1) is 18.6 Å². The molecule has 1 aliphatic rings. The number of aromatic nitrogens is 1. The van der Waals surface area contributed by atoms with Crippen LogP contribution in [0.2, 0.25) is 0 Å². The standard InChI is InChI=1S/C25H37N3O4S/c1-17-13-21(32-8)14-18(2)24(17)33(30,31)27-11-9-26(10-12-27)16-23(29)22-15-19(3)28(20(22)4)25(5,6)7/h13-15H,9-12,16H2,1-8H3. The van der Waals surface area contributed by atoms with E-state index in [4.69, 9.17) is 4.74 Å². The third-order valence-electron chi connectivity index (χ3n) is 6.37. The molecule has 8 heteroatoms. The molecule has 0 saturated carbocycles. The summed E-state index contributed by atoms with van der Waals surface area (Å²) in [5, 5.41) is 0. The van der Waals surface area contributed by atoms with Crippen LogP contribution >= 0.6 is 0 Å². The van der Waals surface area contributed by atoms with Crippen LogP contribution in [0, 0.1) is 27.7 Å². The number of Topliss-reactive ketones (excluding diaryl/α,β-unsaturated/α-hetero) is 1. The van der Waals surface area contributed by atoms with Gasteiger partial charge in [0.1, 0.15) is 5.75 Å². The summed E-state index contributed by atoms with van der Waals surface area (Å²) in [5.74, 6) is 0.731. The lowest BCUT2D eigenvalue weighted by Crippen LogP contribution is -2.50. The molecule has 2 aromatic rings. The molecule has 0 atom stereocenters. The van der Waals surface area contributed by atoms with Gasteiger partial charge in [-0.25, -0.2) is 8.42 Å². The lowest BCUT2D eigenvalue weighted by molar-refractivity contribution is 0.0901. The van der Waals surface area contributed by atoms with E-state index in [1.54, 1.807) is 33.1 Å². The van der Waals surface area contributed by atoms with E-state index in [2.05, 4.69) is 25.3 Å². The Hall–Kier alpha value is -2.16. The maximum Gasteiger partial charge on any atom is 0.243 e. The number of piperazine rings is 1. The highest BCUT2D eigenvalue weighted by atomic mass is 32.2. The normalized spacial score (nSPS) is 16.2. The molecule has 2 heterocycles. The third kappa shape index (κ3) is 5.03. The minimum absolute atomic E-state index is 0.0803. The second kappa shape index (κ2) is 9.24. The maximum atomic E-state index is 13.4. The maximum absolute atomic E-state index is 13.4. The Morgan fingerprint density at radius 2 is 1.52 bits per heavy atom. The summed E-state index contributed by atoms with van der Waals surface area (Å²) < 4.78 is 35.7. The highest BCUT2D eigenvalue weighted by Gasteiger charge is 2.32. The number of benzene rings is 1. The van der Waals surface area contributed by atoms with Crippen molar-refractivity contribution in [2.45, 2.75) is 58.9 Å². The minimum Gasteiger partial charge on any atom is -0.497 e. The Balaban J connectivity index is 1.70. The second-order valence-corrected chi connectivity index (χ2v) is 11.9. The van der Waals surface area contributed by atoms with Crippen LogP contribution < -0.4 is 4.74 Å². The zero-order valence-electron chi connectivity index (χ0n) is 21.2. The summed E-state index contributed by atoms with van der Waals surface area (Å²) in [4.78, 5) is 15.5. The number of hydrogen-bond donors (Lipinski definition) is 0. The molecule has 0 radical (unpaired) electrons. The van der Waals surface area contributed by atoms with Gasteiger partial charge in [-0.05, 0) is 77.8 Å². The zero-order valence-corrected chi connectivity index (χ0v) is 22.0. The van der Waals surface area contributed by atoms with Gasteiger partial charge >= 0.3 is 0 Å². The first kappa shape index (κ1) is 25.5. The van der Waals surface area contributed by atoms with Crippen LogP contribution in [-0.2, 0) is 15.6 Å². The zero-order chi connectivity index (χ0) is 24.7. The number of aryl methyl sites for hydroxylation is 3. The van der Waals surface area contributed by atoms with Crippen molar-refractivity contribution in [3.8, 4) is 5.75 Å².